The van der Waals surface area contributed by atoms with E-state index in [4.69, 9.17) is 0 Å². The molecule has 0 atom stereocenters. The Kier molecular flexibility index (Phi) is 6.81. The average Bonchev–Trinajstić information content (AvgIpc) is 2.88. The molecule has 0 fully saturated rings. The van der Waals surface area contributed by atoms with Crippen molar-refractivity contribution in [2.24, 2.45) is 0 Å². The van der Waals surface area contributed by atoms with Crippen LogP contribution in [0.25, 0.3) is 11.1 Å². The predicted molar refractivity (Wildman–Crippen MR) is 133 cm³/mol. The second-order valence-electron chi connectivity index (χ2n) is 7.91. The van der Waals surface area contributed by atoms with Gasteiger partial charge in [-0.05, 0) is 54.4 Å². The lowest BCUT2D eigenvalue weighted by atomic mass is 9.95. The lowest BCUT2D eigenvalue weighted by Gasteiger charge is -2.12. The number of rotatable bonds is 6. The molecule has 0 saturated carbocycles. The molecule has 4 rings (SSSR count). The molecule has 4 aromatic rings. The van der Waals surface area contributed by atoms with Gasteiger partial charge in [-0.3, -0.25) is 9.59 Å². The number of nitrogens with zero attached hydrogens (tertiary/aromatic N) is 1. The Bertz CT molecular complexity index is 1390. The zero-order valence-electron chi connectivity index (χ0n) is 18.7. The number of hydrogen-bond acceptors (Lipinski definition) is 3. The zero-order chi connectivity index (χ0) is 23.9. The van der Waals surface area contributed by atoms with Crippen LogP contribution in [0, 0.1) is 18.3 Å². The summed E-state index contributed by atoms with van der Waals surface area (Å²) >= 11 is 0. The van der Waals surface area contributed by atoms with Gasteiger partial charge in [-0.2, -0.15) is 5.26 Å². The molecule has 0 aliphatic carbocycles. The number of carbonyl (C=O) groups excluding carboxylic acids is 2. The second kappa shape index (κ2) is 10.3. The van der Waals surface area contributed by atoms with Gasteiger partial charge in [0.25, 0.3) is 11.8 Å². The Labute approximate surface area is 198 Å². The van der Waals surface area contributed by atoms with E-state index in [1.54, 1.807) is 36.4 Å². The third-order valence-corrected chi connectivity index (χ3v) is 5.46. The number of benzene rings is 4. The van der Waals surface area contributed by atoms with Crippen molar-refractivity contribution in [2.45, 2.75) is 13.5 Å². The number of aryl methyl sites for hydroxylation is 1. The molecule has 34 heavy (non-hydrogen) atoms. The monoisotopic (exact) mass is 445 g/mol. The van der Waals surface area contributed by atoms with E-state index < -0.39 is 0 Å². The van der Waals surface area contributed by atoms with Crippen LogP contribution in [0.2, 0.25) is 0 Å². The molecule has 0 saturated heterocycles. The fraction of sp³-hybridized carbons (Fsp3) is 0.0690. The quantitative estimate of drug-likeness (QED) is 0.398. The number of amides is 2. The molecular formula is C29H23N3O2. The standard InChI is InChI=1S/C29H23N3O2/c1-20-13-15-22(16-14-20)28(33)32-24-9-6-7-21(17-24)19-31-29(34)27-12-5-4-11-26(27)25-10-3-2-8-23(25)18-30/h2-17H,19H2,1H3,(H,31,34)(H,32,33). The summed E-state index contributed by atoms with van der Waals surface area (Å²) < 4.78 is 0. The first-order valence-corrected chi connectivity index (χ1v) is 10.9. The van der Waals surface area contributed by atoms with Crippen LogP contribution >= 0.6 is 0 Å². The summed E-state index contributed by atoms with van der Waals surface area (Å²) in [6.07, 6.45) is 0. The topological polar surface area (TPSA) is 82.0 Å². The minimum atomic E-state index is -0.238. The van der Waals surface area contributed by atoms with E-state index in [0.29, 0.717) is 34.5 Å². The van der Waals surface area contributed by atoms with Crippen molar-refractivity contribution in [1.29, 1.82) is 5.26 Å². The van der Waals surface area contributed by atoms with Crippen LogP contribution in [0.1, 0.15) is 37.4 Å². The van der Waals surface area contributed by atoms with Crippen LogP contribution in [0.5, 0.6) is 0 Å². The molecule has 166 valence electrons. The second-order valence-corrected chi connectivity index (χ2v) is 7.91. The summed E-state index contributed by atoms with van der Waals surface area (Å²) in [5, 5.41) is 15.3. The highest BCUT2D eigenvalue weighted by molar-refractivity contribution is 6.04. The molecule has 0 heterocycles. The van der Waals surface area contributed by atoms with E-state index in [0.717, 1.165) is 16.7 Å². The molecule has 0 spiro atoms. The summed E-state index contributed by atoms with van der Waals surface area (Å²) in [7, 11) is 0. The van der Waals surface area contributed by atoms with Crippen molar-refractivity contribution in [3.63, 3.8) is 0 Å². The molecule has 0 radical (unpaired) electrons. The van der Waals surface area contributed by atoms with Gasteiger partial charge in [-0.25, -0.2) is 0 Å². The van der Waals surface area contributed by atoms with E-state index in [1.807, 2.05) is 67.6 Å². The number of hydrogen-bond donors (Lipinski definition) is 2. The van der Waals surface area contributed by atoms with Crippen LogP contribution in [0.4, 0.5) is 5.69 Å². The van der Waals surface area contributed by atoms with Gasteiger partial charge < -0.3 is 10.6 Å². The summed E-state index contributed by atoms with van der Waals surface area (Å²) in [6, 6.07) is 31.4. The predicted octanol–water partition coefficient (Wildman–Crippen LogP) is 5.72. The number of nitriles is 1. The van der Waals surface area contributed by atoms with Crippen molar-refractivity contribution in [3.8, 4) is 17.2 Å². The van der Waals surface area contributed by atoms with Gasteiger partial charge in [0, 0.05) is 28.9 Å². The van der Waals surface area contributed by atoms with Crippen LogP contribution in [-0.4, -0.2) is 11.8 Å². The Balaban J connectivity index is 1.47. The van der Waals surface area contributed by atoms with Crippen molar-refractivity contribution in [2.75, 3.05) is 5.32 Å². The minimum Gasteiger partial charge on any atom is -0.348 e. The Morgan fingerprint density at radius 3 is 2.26 bits per heavy atom. The van der Waals surface area contributed by atoms with Crippen LogP contribution in [0.3, 0.4) is 0 Å². The maximum Gasteiger partial charge on any atom is 0.255 e. The summed E-state index contributed by atoms with van der Waals surface area (Å²) in [5.74, 6) is -0.427. The van der Waals surface area contributed by atoms with Gasteiger partial charge in [0.1, 0.15) is 0 Å². The highest BCUT2D eigenvalue weighted by Gasteiger charge is 2.15. The minimum absolute atomic E-state index is 0.189. The highest BCUT2D eigenvalue weighted by Crippen LogP contribution is 2.27. The van der Waals surface area contributed by atoms with Gasteiger partial charge in [0.05, 0.1) is 11.6 Å². The van der Waals surface area contributed by atoms with E-state index in [-0.39, 0.29) is 11.8 Å². The lowest BCUT2D eigenvalue weighted by molar-refractivity contribution is 0.0950. The summed E-state index contributed by atoms with van der Waals surface area (Å²) in [5.41, 5.74) is 5.61. The van der Waals surface area contributed by atoms with E-state index in [1.165, 1.54) is 0 Å². The number of carbonyl (C=O) groups is 2. The van der Waals surface area contributed by atoms with Crippen LogP contribution in [0.15, 0.2) is 97.1 Å². The maximum absolute atomic E-state index is 13.0. The lowest BCUT2D eigenvalue weighted by Crippen LogP contribution is -2.23. The van der Waals surface area contributed by atoms with Crippen molar-refractivity contribution in [1.82, 2.24) is 5.32 Å². The molecule has 2 N–H and O–H groups in total. The SMILES string of the molecule is Cc1ccc(C(=O)Nc2cccc(CNC(=O)c3ccccc3-c3ccccc3C#N)c2)cc1. The van der Waals surface area contributed by atoms with Gasteiger partial charge in [-0.15, -0.1) is 0 Å². The molecule has 0 aliphatic heterocycles. The third kappa shape index (κ3) is 5.20. The van der Waals surface area contributed by atoms with Crippen LogP contribution in [-0.2, 0) is 6.54 Å². The van der Waals surface area contributed by atoms with Gasteiger partial charge in [-0.1, -0.05) is 66.2 Å². The molecule has 5 nitrogen and oxygen atoms in total. The molecule has 0 aromatic heterocycles. The summed E-state index contributed by atoms with van der Waals surface area (Å²) in [4.78, 5) is 25.5. The number of nitrogens with one attached hydrogen (secondary N) is 2. The molecule has 5 heteroatoms. The van der Waals surface area contributed by atoms with Crippen molar-refractivity contribution >= 4 is 17.5 Å². The first-order valence-electron chi connectivity index (χ1n) is 10.9. The zero-order valence-corrected chi connectivity index (χ0v) is 18.7. The molecule has 0 bridgehead atoms. The van der Waals surface area contributed by atoms with Gasteiger partial charge >= 0.3 is 0 Å². The molecular weight excluding hydrogens is 422 g/mol. The third-order valence-electron chi connectivity index (χ3n) is 5.46. The first kappa shape index (κ1) is 22.5. The van der Waals surface area contributed by atoms with Crippen LogP contribution < -0.4 is 10.6 Å². The molecule has 2 amide bonds. The van der Waals surface area contributed by atoms with E-state index in [2.05, 4.69) is 16.7 Å². The Morgan fingerprint density at radius 1 is 0.794 bits per heavy atom. The summed E-state index contributed by atoms with van der Waals surface area (Å²) in [6.45, 7) is 2.27. The van der Waals surface area contributed by atoms with E-state index in [9.17, 15) is 14.9 Å². The van der Waals surface area contributed by atoms with Crippen molar-refractivity contribution < 1.29 is 9.59 Å². The Hall–Kier alpha value is -4.69. The molecule has 4 aromatic carbocycles. The smallest absolute Gasteiger partial charge is 0.255 e. The fourth-order valence-corrected chi connectivity index (χ4v) is 3.68. The fourth-order valence-electron chi connectivity index (χ4n) is 3.68. The average molecular weight is 446 g/mol. The van der Waals surface area contributed by atoms with Gasteiger partial charge in [0.15, 0.2) is 0 Å². The normalized spacial score (nSPS) is 10.2. The molecule has 0 unspecified atom stereocenters. The van der Waals surface area contributed by atoms with E-state index >= 15 is 0 Å². The molecule has 0 aliphatic rings. The Morgan fingerprint density at radius 2 is 1.50 bits per heavy atom. The first-order chi connectivity index (χ1) is 16.5. The highest BCUT2D eigenvalue weighted by atomic mass is 16.2. The maximum atomic E-state index is 13.0. The van der Waals surface area contributed by atoms with Gasteiger partial charge in [0.2, 0.25) is 0 Å². The largest absolute Gasteiger partial charge is 0.348 e. The number of anilines is 1. The van der Waals surface area contributed by atoms with Crippen molar-refractivity contribution in [3.05, 3.63) is 125 Å².